The molecule has 0 heterocycles. The fourth-order valence-electron chi connectivity index (χ4n) is 1.30. The Morgan fingerprint density at radius 1 is 1.05 bits per heavy atom. The van der Waals surface area contributed by atoms with E-state index in [1.807, 2.05) is 0 Å². The van der Waals surface area contributed by atoms with Gasteiger partial charge in [-0.3, -0.25) is 4.43 Å². The Hall–Kier alpha value is -1.99. The standard InChI is InChI=1S/C15H24O6Si/c1-9-14(16)17-15(10-2)21-22(18-11(3)4,19-12(5)6)20-13(7)8/h9,15H,1,3,5,7,10H2,2,4,6,8H3. The number of carbonyl (C=O) groups excluding carboxylic acids is 1. The fraction of sp³-hybridized carbons (Fsp3) is 0.400. The molecule has 1 unspecified atom stereocenters. The van der Waals surface area contributed by atoms with Crippen molar-refractivity contribution in [1.29, 1.82) is 0 Å². The molecule has 0 radical (unpaired) electrons. The Morgan fingerprint density at radius 3 is 1.73 bits per heavy atom. The van der Waals surface area contributed by atoms with E-state index in [2.05, 4.69) is 26.3 Å². The molecule has 0 N–H and O–H groups in total. The van der Waals surface area contributed by atoms with Crippen LogP contribution in [0.3, 0.4) is 0 Å². The Morgan fingerprint density at radius 2 is 1.45 bits per heavy atom. The highest BCUT2D eigenvalue weighted by molar-refractivity contribution is 6.54. The third-order valence-electron chi connectivity index (χ3n) is 1.92. The van der Waals surface area contributed by atoms with Crippen LogP contribution in [-0.2, 0) is 27.2 Å². The molecule has 0 spiro atoms. The van der Waals surface area contributed by atoms with E-state index in [4.69, 9.17) is 22.4 Å². The summed E-state index contributed by atoms with van der Waals surface area (Å²) in [5, 5.41) is 0. The highest BCUT2D eigenvalue weighted by Gasteiger charge is 2.56. The van der Waals surface area contributed by atoms with Gasteiger partial charge in [0.05, 0.1) is 17.3 Å². The van der Waals surface area contributed by atoms with Gasteiger partial charge in [0.2, 0.25) is 6.29 Å². The first-order chi connectivity index (χ1) is 10.1. The fourth-order valence-corrected chi connectivity index (χ4v) is 3.39. The summed E-state index contributed by atoms with van der Waals surface area (Å²) in [5.74, 6) is 0.327. The zero-order chi connectivity index (χ0) is 17.3. The van der Waals surface area contributed by atoms with E-state index in [9.17, 15) is 4.79 Å². The molecule has 0 aromatic heterocycles. The molecule has 0 fully saturated rings. The first-order valence-corrected chi connectivity index (χ1v) is 8.31. The topological polar surface area (TPSA) is 63.2 Å². The second kappa shape index (κ2) is 9.11. The summed E-state index contributed by atoms with van der Waals surface area (Å²) in [6, 6.07) is 0. The van der Waals surface area contributed by atoms with Crippen LogP contribution in [0.15, 0.2) is 49.7 Å². The summed E-state index contributed by atoms with van der Waals surface area (Å²) in [7, 11) is -3.76. The van der Waals surface area contributed by atoms with Crippen LogP contribution in [-0.4, -0.2) is 21.3 Å². The minimum atomic E-state index is -3.76. The van der Waals surface area contributed by atoms with Gasteiger partial charge in [-0.15, -0.1) is 0 Å². The van der Waals surface area contributed by atoms with Gasteiger partial charge in [-0.1, -0.05) is 33.2 Å². The second-order valence-electron chi connectivity index (χ2n) is 4.51. The predicted octanol–water partition coefficient (Wildman–Crippen LogP) is 3.55. The van der Waals surface area contributed by atoms with Gasteiger partial charge in [0.15, 0.2) is 0 Å². The molecule has 7 heteroatoms. The van der Waals surface area contributed by atoms with Crippen molar-refractivity contribution in [2.45, 2.75) is 40.4 Å². The summed E-state index contributed by atoms with van der Waals surface area (Å²) >= 11 is 0. The molecular formula is C15H24O6Si. The quantitative estimate of drug-likeness (QED) is 0.190. The van der Waals surface area contributed by atoms with Crippen LogP contribution < -0.4 is 0 Å². The van der Waals surface area contributed by atoms with Gasteiger partial charge < -0.3 is 18.0 Å². The van der Waals surface area contributed by atoms with Crippen LogP contribution in [0.4, 0.5) is 0 Å². The van der Waals surface area contributed by atoms with Gasteiger partial charge in [-0.25, -0.2) is 4.79 Å². The Labute approximate surface area is 133 Å². The maximum atomic E-state index is 11.4. The molecule has 0 rings (SSSR count). The Bertz CT molecular complexity index is 416. The van der Waals surface area contributed by atoms with E-state index in [1.54, 1.807) is 27.7 Å². The summed E-state index contributed by atoms with van der Waals surface area (Å²) < 4.78 is 27.4. The molecule has 22 heavy (non-hydrogen) atoms. The summed E-state index contributed by atoms with van der Waals surface area (Å²) in [5.41, 5.74) is 0. The Kier molecular flexibility index (Phi) is 8.29. The van der Waals surface area contributed by atoms with Gasteiger partial charge in [-0.2, -0.15) is 0 Å². The average molecular weight is 328 g/mol. The number of esters is 1. The lowest BCUT2D eigenvalue weighted by molar-refractivity contribution is -0.169. The molecule has 0 aromatic carbocycles. The SMILES string of the molecule is C=CC(=O)OC(CC)O[Si](OC(=C)C)(OC(=C)C)OC(=C)C. The third-order valence-corrected chi connectivity index (χ3v) is 4.27. The highest BCUT2D eigenvalue weighted by atomic mass is 28.4. The van der Waals surface area contributed by atoms with Crippen molar-refractivity contribution in [1.82, 2.24) is 0 Å². The molecule has 0 aromatic rings. The number of hydrogen-bond acceptors (Lipinski definition) is 6. The summed E-state index contributed by atoms with van der Waals surface area (Å²) in [6.07, 6.45) is 0.455. The van der Waals surface area contributed by atoms with Gasteiger partial charge >= 0.3 is 15.0 Å². The third kappa shape index (κ3) is 7.70. The highest BCUT2D eigenvalue weighted by Crippen LogP contribution is 2.24. The molecule has 0 aliphatic carbocycles. The normalized spacial score (nSPS) is 11.8. The minimum absolute atomic E-state index is 0.319. The largest absolute Gasteiger partial charge is 0.895 e. The Balaban J connectivity index is 5.42. The van der Waals surface area contributed by atoms with Gasteiger partial charge in [0, 0.05) is 12.5 Å². The monoisotopic (exact) mass is 328 g/mol. The minimum Gasteiger partial charge on any atom is -0.466 e. The first-order valence-electron chi connectivity index (χ1n) is 6.68. The lowest BCUT2D eigenvalue weighted by Gasteiger charge is -2.31. The van der Waals surface area contributed by atoms with Crippen molar-refractivity contribution in [3.05, 3.63) is 49.7 Å². The van der Waals surface area contributed by atoms with E-state index < -0.39 is 21.3 Å². The smallest absolute Gasteiger partial charge is 0.466 e. The van der Waals surface area contributed by atoms with Crippen molar-refractivity contribution >= 4 is 15.0 Å². The second-order valence-corrected chi connectivity index (χ2v) is 6.36. The van der Waals surface area contributed by atoms with Crippen LogP contribution in [0.5, 0.6) is 0 Å². The van der Waals surface area contributed by atoms with Gasteiger partial charge in [-0.05, 0) is 20.8 Å². The molecule has 0 saturated heterocycles. The number of rotatable bonds is 11. The molecule has 0 saturated carbocycles. The number of hydrogen-bond donors (Lipinski definition) is 0. The van der Waals surface area contributed by atoms with Crippen molar-refractivity contribution in [3.8, 4) is 0 Å². The molecular weight excluding hydrogens is 304 g/mol. The average Bonchev–Trinajstić information content (AvgIpc) is 2.34. The van der Waals surface area contributed by atoms with E-state index in [-0.39, 0.29) is 0 Å². The summed E-state index contributed by atoms with van der Waals surface area (Å²) in [4.78, 5) is 11.4. The zero-order valence-corrected chi connectivity index (χ0v) is 14.6. The first kappa shape index (κ1) is 20.0. The van der Waals surface area contributed by atoms with E-state index in [1.165, 1.54) is 0 Å². The lowest BCUT2D eigenvalue weighted by Crippen LogP contribution is -2.51. The lowest BCUT2D eigenvalue weighted by atomic mass is 10.5. The van der Waals surface area contributed by atoms with Crippen molar-refractivity contribution in [2.24, 2.45) is 0 Å². The molecule has 0 amide bonds. The molecule has 6 nitrogen and oxygen atoms in total. The molecule has 0 aliphatic rings. The number of allylic oxidation sites excluding steroid dienone is 3. The maximum absolute atomic E-state index is 11.4. The molecule has 0 aliphatic heterocycles. The van der Waals surface area contributed by atoms with Crippen molar-refractivity contribution < 1.29 is 27.2 Å². The van der Waals surface area contributed by atoms with Gasteiger partial charge in [0.1, 0.15) is 0 Å². The van der Waals surface area contributed by atoms with Crippen LogP contribution in [0.1, 0.15) is 34.1 Å². The van der Waals surface area contributed by atoms with E-state index in [0.29, 0.717) is 23.7 Å². The molecule has 1 atom stereocenters. The van der Waals surface area contributed by atoms with Crippen LogP contribution >= 0.6 is 0 Å². The van der Waals surface area contributed by atoms with Crippen molar-refractivity contribution in [2.75, 3.05) is 0 Å². The maximum Gasteiger partial charge on any atom is 0.895 e. The predicted molar refractivity (Wildman–Crippen MR) is 84.9 cm³/mol. The van der Waals surface area contributed by atoms with E-state index >= 15 is 0 Å². The van der Waals surface area contributed by atoms with Crippen LogP contribution in [0.2, 0.25) is 0 Å². The molecule has 124 valence electrons. The number of carbonyl (C=O) groups is 1. The number of ether oxygens (including phenoxy) is 1. The summed E-state index contributed by atoms with van der Waals surface area (Å²) in [6.45, 7) is 20.9. The molecule has 0 bridgehead atoms. The van der Waals surface area contributed by atoms with Crippen LogP contribution in [0, 0.1) is 0 Å². The van der Waals surface area contributed by atoms with Crippen molar-refractivity contribution in [3.63, 3.8) is 0 Å². The van der Waals surface area contributed by atoms with Crippen LogP contribution in [0.25, 0.3) is 0 Å². The van der Waals surface area contributed by atoms with E-state index in [0.717, 1.165) is 6.08 Å². The van der Waals surface area contributed by atoms with Gasteiger partial charge in [0.25, 0.3) is 0 Å². The zero-order valence-electron chi connectivity index (χ0n) is 13.6.